The molecule has 2 atom stereocenters. The van der Waals surface area contributed by atoms with E-state index in [4.69, 9.17) is 19.5 Å². The van der Waals surface area contributed by atoms with Gasteiger partial charge in [0.15, 0.2) is 5.60 Å². The van der Waals surface area contributed by atoms with Crippen molar-refractivity contribution in [3.05, 3.63) is 151 Å². The number of fused-ring (bicyclic) bond motifs is 11. The van der Waals surface area contributed by atoms with Crippen molar-refractivity contribution in [3.63, 3.8) is 0 Å². The minimum atomic E-state index is -0.672. The van der Waals surface area contributed by atoms with Crippen molar-refractivity contribution in [1.29, 1.82) is 0 Å². The molecule has 61 heavy (non-hydrogen) atoms. The molecule has 0 bridgehead atoms. The number of ether oxygens (including phenoxy) is 2. The van der Waals surface area contributed by atoms with E-state index in [-0.39, 0.29) is 22.8 Å². The van der Waals surface area contributed by atoms with Gasteiger partial charge in [-0.3, -0.25) is 4.57 Å². The first-order chi connectivity index (χ1) is 28.7. The quantitative estimate of drug-likeness (QED) is 0.178. The SMILES string of the molecule is Cc1cc2c(cc1Oc1cc(C3=N[C@@H]4c5cc(C)c(C)c(C)c5-c5c(cc(C)c(C)c5C)[C@]4(C)O3)cc(C(C)C)c1)-n1c3ncccc3c3cc(C(C)(C)C)cc(c31)C2(C)C. The van der Waals surface area contributed by atoms with Gasteiger partial charge in [0.25, 0.3) is 0 Å². The average molecular weight is 806 g/mol. The van der Waals surface area contributed by atoms with Crippen LogP contribution in [0.4, 0.5) is 0 Å². The van der Waals surface area contributed by atoms with Crippen LogP contribution in [0.25, 0.3) is 38.8 Å². The van der Waals surface area contributed by atoms with Gasteiger partial charge < -0.3 is 9.47 Å². The Morgan fingerprint density at radius 1 is 0.721 bits per heavy atom. The molecule has 0 amide bonds. The molecule has 1 aliphatic carbocycles. The summed E-state index contributed by atoms with van der Waals surface area (Å²) in [5.41, 5.74) is 22.5. The Morgan fingerprint density at radius 2 is 1.41 bits per heavy atom. The summed E-state index contributed by atoms with van der Waals surface area (Å²) in [6.07, 6.45) is 1.91. The number of hydrogen-bond donors (Lipinski definition) is 0. The zero-order chi connectivity index (χ0) is 43.4. The van der Waals surface area contributed by atoms with E-state index in [9.17, 15) is 0 Å². The van der Waals surface area contributed by atoms with Crippen molar-refractivity contribution in [2.75, 3.05) is 0 Å². The minimum Gasteiger partial charge on any atom is -0.464 e. The summed E-state index contributed by atoms with van der Waals surface area (Å²) < 4.78 is 16.7. The van der Waals surface area contributed by atoms with E-state index in [0.717, 1.165) is 34.0 Å². The lowest BCUT2D eigenvalue weighted by Crippen LogP contribution is -2.34. The van der Waals surface area contributed by atoms with Crippen molar-refractivity contribution >= 4 is 27.8 Å². The highest BCUT2D eigenvalue weighted by atomic mass is 16.5. The summed E-state index contributed by atoms with van der Waals surface area (Å²) in [4.78, 5) is 10.6. The van der Waals surface area contributed by atoms with E-state index >= 15 is 0 Å². The molecule has 7 aromatic rings. The van der Waals surface area contributed by atoms with Crippen LogP contribution in [0.15, 0.2) is 77.9 Å². The van der Waals surface area contributed by atoms with Crippen LogP contribution in [0.2, 0.25) is 0 Å². The van der Waals surface area contributed by atoms with Crippen LogP contribution in [0.1, 0.15) is 145 Å². The maximum Gasteiger partial charge on any atom is 0.217 e. The van der Waals surface area contributed by atoms with Gasteiger partial charge in [-0.15, -0.1) is 0 Å². The Balaban J connectivity index is 1.12. The second kappa shape index (κ2) is 12.9. The van der Waals surface area contributed by atoms with E-state index in [1.54, 1.807) is 0 Å². The first kappa shape index (κ1) is 39.5. The molecule has 2 aliphatic heterocycles. The molecule has 310 valence electrons. The zero-order valence-corrected chi connectivity index (χ0v) is 38.7. The molecule has 0 N–H and O–H groups in total. The number of aryl methyl sites for hydroxylation is 3. The summed E-state index contributed by atoms with van der Waals surface area (Å²) >= 11 is 0. The van der Waals surface area contributed by atoms with Crippen LogP contribution in [-0.4, -0.2) is 15.4 Å². The smallest absolute Gasteiger partial charge is 0.217 e. The molecule has 3 aliphatic rings. The number of pyridine rings is 1. The first-order valence-corrected chi connectivity index (χ1v) is 22.1. The van der Waals surface area contributed by atoms with Gasteiger partial charge in [0.05, 0.1) is 11.2 Å². The summed E-state index contributed by atoms with van der Waals surface area (Å²) in [6.45, 7) is 34.0. The summed E-state index contributed by atoms with van der Waals surface area (Å²) in [6, 6.07) is 24.8. The Labute approximate surface area is 361 Å². The molecule has 5 heteroatoms. The molecule has 0 fully saturated rings. The van der Waals surface area contributed by atoms with Crippen LogP contribution in [-0.2, 0) is 21.2 Å². The zero-order valence-electron chi connectivity index (χ0n) is 38.7. The second-order valence-corrected chi connectivity index (χ2v) is 20.5. The van der Waals surface area contributed by atoms with Crippen LogP contribution in [0.3, 0.4) is 0 Å². The Morgan fingerprint density at radius 3 is 2.11 bits per heavy atom. The molecule has 5 nitrogen and oxygen atoms in total. The van der Waals surface area contributed by atoms with Gasteiger partial charge in [-0.2, -0.15) is 0 Å². The van der Waals surface area contributed by atoms with Gasteiger partial charge in [-0.25, -0.2) is 9.98 Å². The van der Waals surface area contributed by atoms with E-state index in [1.807, 2.05) is 6.20 Å². The van der Waals surface area contributed by atoms with Gasteiger partial charge >= 0.3 is 0 Å². The topological polar surface area (TPSA) is 48.6 Å². The van der Waals surface area contributed by atoms with Gasteiger partial charge in [-0.05, 0) is 187 Å². The van der Waals surface area contributed by atoms with Crippen molar-refractivity contribution in [2.45, 2.75) is 132 Å². The molecular formula is C56H59N3O2. The fraction of sp³-hybridized carbons (Fsp3) is 0.357. The fourth-order valence-corrected chi connectivity index (χ4v) is 10.7. The van der Waals surface area contributed by atoms with Crippen LogP contribution in [0.5, 0.6) is 11.5 Å². The number of nitrogens with zero attached hydrogens (tertiary/aromatic N) is 3. The average Bonchev–Trinajstić information content (AvgIpc) is 3.75. The minimum absolute atomic E-state index is 0.00287. The van der Waals surface area contributed by atoms with Gasteiger partial charge in [0.2, 0.25) is 5.90 Å². The lowest BCUT2D eigenvalue weighted by Gasteiger charge is -2.40. The molecule has 0 saturated heterocycles. The Kier molecular flexibility index (Phi) is 8.36. The van der Waals surface area contributed by atoms with Crippen molar-refractivity contribution in [3.8, 4) is 28.3 Å². The molecule has 4 heterocycles. The van der Waals surface area contributed by atoms with E-state index in [2.05, 4.69) is 175 Å². The van der Waals surface area contributed by atoms with Gasteiger partial charge in [0.1, 0.15) is 23.2 Å². The third-order valence-electron chi connectivity index (χ3n) is 14.9. The fourth-order valence-electron chi connectivity index (χ4n) is 10.7. The number of aliphatic imine (C=N–C) groups is 1. The predicted molar refractivity (Wildman–Crippen MR) is 253 cm³/mol. The molecule has 0 unspecified atom stereocenters. The molecule has 0 radical (unpaired) electrons. The highest BCUT2D eigenvalue weighted by molar-refractivity contribution is 6.10. The molecule has 5 aromatic carbocycles. The summed E-state index contributed by atoms with van der Waals surface area (Å²) in [5, 5.41) is 2.42. The second-order valence-electron chi connectivity index (χ2n) is 20.5. The third-order valence-corrected chi connectivity index (χ3v) is 14.9. The first-order valence-electron chi connectivity index (χ1n) is 22.1. The monoisotopic (exact) mass is 805 g/mol. The largest absolute Gasteiger partial charge is 0.464 e. The van der Waals surface area contributed by atoms with Gasteiger partial charge in [-0.1, -0.05) is 66.7 Å². The molecular weight excluding hydrogens is 747 g/mol. The number of hydrogen-bond acceptors (Lipinski definition) is 4. The lowest BCUT2D eigenvalue weighted by atomic mass is 9.69. The van der Waals surface area contributed by atoms with Crippen LogP contribution in [0, 0.1) is 48.5 Å². The maximum absolute atomic E-state index is 7.25. The third kappa shape index (κ3) is 5.51. The Hall–Kier alpha value is -5.68. The van der Waals surface area contributed by atoms with E-state index in [0.29, 0.717) is 5.90 Å². The van der Waals surface area contributed by atoms with Crippen LogP contribution < -0.4 is 4.74 Å². The molecule has 0 spiro atoms. The molecule has 0 saturated carbocycles. The lowest BCUT2D eigenvalue weighted by molar-refractivity contribution is 0.0725. The predicted octanol–water partition coefficient (Wildman–Crippen LogP) is 14.6. The normalized spacial score (nSPS) is 18.5. The highest BCUT2D eigenvalue weighted by Gasteiger charge is 2.51. The number of rotatable bonds is 4. The van der Waals surface area contributed by atoms with E-state index < -0.39 is 5.60 Å². The standard InChI is InChI=1S/C56H59N3O2/c1-28(2)36-22-37(53-58-51-42-19-29(3)32(6)34(8)48(42)49-35(9)33(7)30(4)20-44(49)56(51,15)61-53)24-39(23-36)60-47-27-46-43(21-31(47)5)55(13,14)45-26-38(54(10,11)12)25-41-40-17-16-18-57-52(40)59(46)50(41)45/h16-28,51H,1-15H3/t51-,56+/m1/s1. The van der Waals surface area contributed by atoms with Crippen LogP contribution >= 0.6 is 0 Å². The summed E-state index contributed by atoms with van der Waals surface area (Å²) in [7, 11) is 0. The van der Waals surface area contributed by atoms with Gasteiger partial charge in [0, 0.05) is 39.6 Å². The van der Waals surface area contributed by atoms with E-state index in [1.165, 1.54) is 94.2 Å². The molecule has 2 aromatic heterocycles. The molecule has 10 rings (SSSR count). The van der Waals surface area contributed by atoms with Crippen molar-refractivity contribution in [2.24, 2.45) is 4.99 Å². The highest BCUT2D eigenvalue weighted by Crippen LogP contribution is 2.58. The number of aromatic nitrogens is 2. The summed E-state index contributed by atoms with van der Waals surface area (Å²) in [5.74, 6) is 2.51. The van der Waals surface area contributed by atoms with Crippen molar-refractivity contribution < 1.29 is 9.47 Å². The maximum atomic E-state index is 7.25. The van der Waals surface area contributed by atoms with Crippen molar-refractivity contribution in [1.82, 2.24) is 9.55 Å². The number of benzene rings is 5. The Bertz CT molecular complexity index is 3110.